The molecular formula is C15H17Cl2NO3. The highest BCUT2D eigenvalue weighted by Crippen LogP contribution is 2.49. The van der Waals surface area contributed by atoms with Crippen molar-refractivity contribution in [2.24, 2.45) is 5.92 Å². The van der Waals surface area contributed by atoms with E-state index in [9.17, 15) is 9.59 Å². The molecule has 0 radical (unpaired) electrons. The van der Waals surface area contributed by atoms with Crippen molar-refractivity contribution in [3.05, 3.63) is 33.8 Å². The molecule has 0 aromatic heterocycles. The minimum atomic E-state index is -1.000. The Morgan fingerprint density at radius 2 is 1.86 bits per heavy atom. The number of carbonyl (C=O) groups excluding carboxylic acids is 1. The van der Waals surface area contributed by atoms with Gasteiger partial charge in [-0.15, -0.1) is 0 Å². The van der Waals surface area contributed by atoms with Gasteiger partial charge < -0.3 is 10.0 Å². The van der Waals surface area contributed by atoms with E-state index in [-0.39, 0.29) is 30.3 Å². The highest BCUT2D eigenvalue weighted by molar-refractivity contribution is 6.34. The monoisotopic (exact) mass is 329 g/mol. The molecule has 4 nitrogen and oxygen atoms in total. The van der Waals surface area contributed by atoms with Gasteiger partial charge in [0.2, 0.25) is 5.91 Å². The molecule has 1 aliphatic carbocycles. The first-order valence-corrected chi connectivity index (χ1v) is 7.53. The predicted molar refractivity (Wildman–Crippen MR) is 81.8 cm³/mol. The summed E-state index contributed by atoms with van der Waals surface area (Å²) < 4.78 is 0. The molecule has 2 atom stereocenters. The van der Waals surface area contributed by atoms with Crippen molar-refractivity contribution >= 4 is 35.1 Å². The van der Waals surface area contributed by atoms with Gasteiger partial charge in [0.1, 0.15) is 6.54 Å². The van der Waals surface area contributed by atoms with E-state index in [1.165, 1.54) is 4.90 Å². The number of nitrogens with zero attached hydrogens (tertiary/aromatic N) is 1. The van der Waals surface area contributed by atoms with Crippen LogP contribution in [0.15, 0.2) is 18.2 Å². The zero-order valence-electron chi connectivity index (χ0n) is 11.8. The molecule has 1 aliphatic rings. The first-order chi connectivity index (χ1) is 9.79. The molecule has 21 heavy (non-hydrogen) atoms. The summed E-state index contributed by atoms with van der Waals surface area (Å²) in [4.78, 5) is 24.7. The van der Waals surface area contributed by atoms with Crippen molar-refractivity contribution in [1.29, 1.82) is 0 Å². The molecule has 1 aromatic carbocycles. The summed E-state index contributed by atoms with van der Waals surface area (Å²) in [6.07, 6.45) is 0.707. The number of benzene rings is 1. The van der Waals surface area contributed by atoms with Crippen LogP contribution >= 0.6 is 23.2 Å². The normalized spacial score (nSPS) is 20.4. The van der Waals surface area contributed by atoms with E-state index in [2.05, 4.69) is 0 Å². The third-order valence-corrected chi connectivity index (χ3v) is 4.07. The van der Waals surface area contributed by atoms with Gasteiger partial charge in [0.25, 0.3) is 0 Å². The molecule has 114 valence electrons. The van der Waals surface area contributed by atoms with Gasteiger partial charge in [-0.25, -0.2) is 0 Å². The van der Waals surface area contributed by atoms with Gasteiger partial charge in [-0.05, 0) is 49.9 Å². The highest BCUT2D eigenvalue weighted by atomic mass is 35.5. The molecule has 2 rings (SSSR count). The first-order valence-electron chi connectivity index (χ1n) is 6.78. The minimum Gasteiger partial charge on any atom is -0.480 e. The average molecular weight is 330 g/mol. The quantitative estimate of drug-likeness (QED) is 0.900. The third-order valence-electron chi connectivity index (χ3n) is 3.63. The Morgan fingerprint density at radius 3 is 2.33 bits per heavy atom. The van der Waals surface area contributed by atoms with Gasteiger partial charge in [-0.3, -0.25) is 9.59 Å². The van der Waals surface area contributed by atoms with Crippen LogP contribution < -0.4 is 0 Å². The van der Waals surface area contributed by atoms with E-state index in [1.807, 2.05) is 26.0 Å². The molecule has 2 unspecified atom stereocenters. The van der Waals surface area contributed by atoms with Crippen LogP contribution in [-0.2, 0) is 9.59 Å². The lowest BCUT2D eigenvalue weighted by molar-refractivity contribution is -0.146. The summed E-state index contributed by atoms with van der Waals surface area (Å²) in [6.45, 7) is 3.36. The lowest BCUT2D eigenvalue weighted by atomic mass is 10.1. The number of carbonyl (C=O) groups is 2. The Kier molecular flexibility index (Phi) is 4.79. The lowest BCUT2D eigenvalue weighted by Gasteiger charge is -2.25. The largest absolute Gasteiger partial charge is 0.480 e. The maximum atomic E-state index is 12.4. The van der Waals surface area contributed by atoms with Crippen molar-refractivity contribution in [3.63, 3.8) is 0 Å². The Labute approximate surface area is 133 Å². The molecule has 6 heteroatoms. The molecule has 1 amide bonds. The van der Waals surface area contributed by atoms with E-state index < -0.39 is 5.97 Å². The van der Waals surface area contributed by atoms with Gasteiger partial charge >= 0.3 is 5.97 Å². The van der Waals surface area contributed by atoms with Crippen LogP contribution in [0, 0.1) is 5.92 Å². The maximum absolute atomic E-state index is 12.4. The number of hydrogen-bond donors (Lipinski definition) is 1. The number of carboxylic acids is 1. The smallest absolute Gasteiger partial charge is 0.323 e. The molecule has 0 bridgehead atoms. The Bertz CT molecular complexity index is 554. The van der Waals surface area contributed by atoms with Gasteiger partial charge in [0, 0.05) is 22.0 Å². The van der Waals surface area contributed by atoms with Crippen LogP contribution in [0.25, 0.3) is 0 Å². The van der Waals surface area contributed by atoms with Crippen molar-refractivity contribution in [1.82, 2.24) is 4.90 Å². The van der Waals surface area contributed by atoms with E-state index >= 15 is 0 Å². The molecule has 0 aliphatic heterocycles. The van der Waals surface area contributed by atoms with Gasteiger partial charge in [-0.2, -0.15) is 0 Å². The molecule has 1 fully saturated rings. The fraction of sp³-hybridized carbons (Fsp3) is 0.467. The standard InChI is InChI=1S/C15H17Cl2NO3/c1-8(2)18(7-14(19)20)15(21)13-6-12(13)9-3-10(16)5-11(17)4-9/h3-5,8,12-13H,6-7H2,1-2H3,(H,19,20). The molecule has 0 spiro atoms. The Morgan fingerprint density at radius 1 is 1.29 bits per heavy atom. The fourth-order valence-electron chi connectivity index (χ4n) is 2.50. The zero-order valence-corrected chi connectivity index (χ0v) is 13.4. The summed E-state index contributed by atoms with van der Waals surface area (Å²) in [7, 11) is 0. The van der Waals surface area contributed by atoms with Crippen LogP contribution in [-0.4, -0.2) is 34.5 Å². The highest BCUT2D eigenvalue weighted by Gasteiger charge is 2.46. The van der Waals surface area contributed by atoms with Crippen molar-refractivity contribution in [2.75, 3.05) is 6.54 Å². The molecular weight excluding hydrogens is 313 g/mol. The summed E-state index contributed by atoms with van der Waals surface area (Å²) in [5.41, 5.74) is 0.935. The fourth-order valence-corrected chi connectivity index (χ4v) is 3.04. The number of halogens is 2. The zero-order chi connectivity index (χ0) is 15.7. The van der Waals surface area contributed by atoms with Crippen molar-refractivity contribution in [3.8, 4) is 0 Å². The third kappa shape index (κ3) is 3.89. The second-order valence-corrected chi connectivity index (χ2v) is 6.48. The molecule has 1 saturated carbocycles. The van der Waals surface area contributed by atoms with E-state index in [4.69, 9.17) is 28.3 Å². The van der Waals surface area contributed by atoms with Crippen molar-refractivity contribution < 1.29 is 14.7 Å². The number of rotatable bonds is 5. The summed E-state index contributed by atoms with van der Waals surface area (Å²) in [6, 6.07) is 5.12. The Hall–Kier alpha value is -1.26. The van der Waals surface area contributed by atoms with Crippen LogP contribution in [0.4, 0.5) is 0 Å². The van der Waals surface area contributed by atoms with Crippen LogP contribution in [0.2, 0.25) is 10.0 Å². The maximum Gasteiger partial charge on any atom is 0.323 e. The van der Waals surface area contributed by atoms with Crippen molar-refractivity contribution in [2.45, 2.75) is 32.2 Å². The SMILES string of the molecule is CC(C)N(CC(=O)O)C(=O)C1CC1c1cc(Cl)cc(Cl)c1. The van der Waals surface area contributed by atoms with E-state index in [0.29, 0.717) is 16.5 Å². The van der Waals surface area contributed by atoms with Gasteiger partial charge in [-0.1, -0.05) is 23.2 Å². The second-order valence-electron chi connectivity index (χ2n) is 5.61. The predicted octanol–water partition coefficient (Wildman–Crippen LogP) is 3.42. The Balaban J connectivity index is 2.10. The minimum absolute atomic E-state index is 0.0729. The second kappa shape index (κ2) is 6.24. The topological polar surface area (TPSA) is 57.6 Å². The van der Waals surface area contributed by atoms with E-state index in [1.54, 1.807) is 6.07 Å². The van der Waals surface area contributed by atoms with Crippen LogP contribution in [0.5, 0.6) is 0 Å². The number of aliphatic carboxylic acids is 1. The summed E-state index contributed by atoms with van der Waals surface area (Å²) in [5, 5.41) is 10.00. The van der Waals surface area contributed by atoms with Crippen LogP contribution in [0.1, 0.15) is 31.7 Å². The average Bonchev–Trinajstić information content (AvgIpc) is 3.13. The number of amides is 1. The number of hydrogen-bond acceptors (Lipinski definition) is 2. The molecule has 0 saturated heterocycles. The molecule has 0 heterocycles. The lowest BCUT2D eigenvalue weighted by Crippen LogP contribution is -2.41. The first kappa shape index (κ1) is 16.1. The number of carboxylic acid groups (broad SMARTS) is 1. The molecule has 1 aromatic rings. The van der Waals surface area contributed by atoms with Gasteiger partial charge in [0.15, 0.2) is 0 Å². The van der Waals surface area contributed by atoms with E-state index in [0.717, 1.165) is 5.56 Å². The summed E-state index contributed by atoms with van der Waals surface area (Å²) in [5.74, 6) is -1.22. The van der Waals surface area contributed by atoms with Crippen LogP contribution in [0.3, 0.4) is 0 Å². The summed E-state index contributed by atoms with van der Waals surface area (Å²) >= 11 is 11.9. The van der Waals surface area contributed by atoms with Gasteiger partial charge in [0.05, 0.1) is 0 Å². The molecule has 1 N–H and O–H groups in total.